The van der Waals surface area contributed by atoms with Crippen molar-refractivity contribution >= 4 is 5.57 Å². The molecular formula is C33H42N2. The number of nitrogens with zero attached hydrogens (tertiary/aromatic N) is 2. The molecule has 2 heterocycles. The Bertz CT molecular complexity index is 1310. The first kappa shape index (κ1) is 25.2. The largest absolute Gasteiger partial charge is 0.295 e. The molecule has 35 heavy (non-hydrogen) atoms. The Labute approximate surface area is 212 Å². The summed E-state index contributed by atoms with van der Waals surface area (Å²) >= 11 is 0. The van der Waals surface area contributed by atoms with Crippen molar-refractivity contribution < 1.29 is 0 Å². The van der Waals surface area contributed by atoms with Crippen LogP contribution in [0, 0.1) is 39.5 Å². The van der Waals surface area contributed by atoms with Crippen LogP contribution in [0.25, 0.3) is 22.5 Å². The van der Waals surface area contributed by atoms with Crippen LogP contribution >= 0.6 is 0 Å². The van der Waals surface area contributed by atoms with Crippen molar-refractivity contribution in [3.8, 4) is 16.9 Å². The van der Waals surface area contributed by atoms with Gasteiger partial charge in [0.2, 0.25) is 0 Å². The maximum atomic E-state index is 5.06. The molecule has 0 saturated carbocycles. The van der Waals surface area contributed by atoms with E-state index in [9.17, 15) is 0 Å². The second-order valence-electron chi connectivity index (χ2n) is 11.4. The van der Waals surface area contributed by atoms with Gasteiger partial charge in [-0.2, -0.15) is 0 Å². The highest BCUT2D eigenvalue weighted by Crippen LogP contribution is 2.51. The summed E-state index contributed by atoms with van der Waals surface area (Å²) in [6.07, 6.45) is 8.28. The second kappa shape index (κ2) is 9.30. The summed E-state index contributed by atoms with van der Waals surface area (Å²) in [5, 5.41) is 0. The van der Waals surface area contributed by atoms with Gasteiger partial charge in [-0.1, -0.05) is 81.7 Å². The third-order valence-electron chi connectivity index (χ3n) is 7.87. The van der Waals surface area contributed by atoms with Crippen LogP contribution in [-0.2, 0) is 5.41 Å². The number of hydrogen-bond acceptors (Lipinski definition) is 1. The van der Waals surface area contributed by atoms with Gasteiger partial charge in [-0.25, -0.2) is 4.98 Å². The fraction of sp³-hybridized carbons (Fsp3) is 0.424. The average molecular weight is 467 g/mol. The number of aromatic nitrogens is 2. The number of rotatable bonds is 2. The monoisotopic (exact) mass is 466 g/mol. The number of aryl methyl sites for hydroxylation is 4. The van der Waals surface area contributed by atoms with E-state index in [0.717, 1.165) is 11.7 Å². The molecule has 2 atom stereocenters. The molecule has 0 amide bonds. The number of imidazole rings is 1. The van der Waals surface area contributed by atoms with Crippen molar-refractivity contribution in [3.63, 3.8) is 0 Å². The number of allylic oxidation sites excluding steroid dienone is 4. The molecule has 2 aliphatic rings. The first-order valence-electron chi connectivity index (χ1n) is 13.2. The van der Waals surface area contributed by atoms with Gasteiger partial charge in [0.05, 0.1) is 23.0 Å². The predicted molar refractivity (Wildman–Crippen MR) is 151 cm³/mol. The minimum absolute atomic E-state index is 0.219. The van der Waals surface area contributed by atoms with Crippen molar-refractivity contribution in [1.82, 2.24) is 9.55 Å². The van der Waals surface area contributed by atoms with Crippen LogP contribution in [0.1, 0.15) is 81.6 Å². The third kappa shape index (κ3) is 4.33. The summed E-state index contributed by atoms with van der Waals surface area (Å²) in [5.74, 6) is 2.45. The van der Waals surface area contributed by atoms with Crippen LogP contribution in [0.15, 0.2) is 54.3 Å². The van der Waals surface area contributed by atoms with Crippen LogP contribution in [0.4, 0.5) is 0 Å². The van der Waals surface area contributed by atoms with Gasteiger partial charge in [0.1, 0.15) is 5.82 Å². The summed E-state index contributed by atoms with van der Waals surface area (Å²) < 4.78 is 2.42. The molecule has 0 N–H and O–H groups in total. The van der Waals surface area contributed by atoms with E-state index < -0.39 is 0 Å². The van der Waals surface area contributed by atoms with Gasteiger partial charge in [-0.15, -0.1) is 0 Å². The second-order valence-corrected chi connectivity index (χ2v) is 11.4. The minimum atomic E-state index is -0.219. The summed E-state index contributed by atoms with van der Waals surface area (Å²) in [5.41, 5.74) is 12.8. The van der Waals surface area contributed by atoms with Gasteiger partial charge >= 0.3 is 0 Å². The van der Waals surface area contributed by atoms with Crippen molar-refractivity contribution in [2.75, 3.05) is 0 Å². The zero-order chi connectivity index (χ0) is 25.7. The Balaban J connectivity index is 0.000000527. The Morgan fingerprint density at radius 3 is 2.20 bits per heavy atom. The smallest absolute Gasteiger partial charge is 0.128 e. The average Bonchev–Trinajstić information content (AvgIpc) is 3.21. The quantitative estimate of drug-likeness (QED) is 0.344. The molecule has 184 valence electrons. The molecule has 2 nitrogen and oxygen atoms in total. The van der Waals surface area contributed by atoms with Crippen molar-refractivity contribution in [1.29, 1.82) is 0 Å². The molecule has 0 fully saturated rings. The van der Waals surface area contributed by atoms with Gasteiger partial charge < -0.3 is 0 Å². The fourth-order valence-electron chi connectivity index (χ4n) is 5.55. The van der Waals surface area contributed by atoms with Crippen LogP contribution in [0.2, 0.25) is 0 Å². The van der Waals surface area contributed by atoms with Crippen LogP contribution in [0.3, 0.4) is 0 Å². The van der Waals surface area contributed by atoms with E-state index in [1.807, 2.05) is 0 Å². The maximum absolute atomic E-state index is 5.06. The van der Waals surface area contributed by atoms with E-state index in [1.54, 1.807) is 0 Å². The number of fused-ring (bicyclic) bond motifs is 6. The zero-order valence-electron chi connectivity index (χ0n) is 23.4. The Morgan fingerprint density at radius 2 is 1.60 bits per heavy atom. The van der Waals surface area contributed by atoms with Crippen LogP contribution < -0.4 is 0 Å². The summed E-state index contributed by atoms with van der Waals surface area (Å²) in [6, 6.07) is 11.4. The number of benzene rings is 2. The van der Waals surface area contributed by atoms with Crippen molar-refractivity contribution in [3.05, 3.63) is 87.9 Å². The van der Waals surface area contributed by atoms with E-state index >= 15 is 0 Å². The summed E-state index contributed by atoms with van der Waals surface area (Å²) in [6.45, 7) is 22.3. The van der Waals surface area contributed by atoms with Crippen molar-refractivity contribution in [2.24, 2.45) is 11.8 Å². The molecule has 1 aromatic heterocycles. The fourth-order valence-corrected chi connectivity index (χ4v) is 5.55. The van der Waals surface area contributed by atoms with Gasteiger partial charge in [-0.05, 0) is 81.7 Å². The lowest BCUT2D eigenvalue weighted by atomic mass is 9.68. The lowest BCUT2D eigenvalue weighted by molar-refractivity contribution is 0.626. The van der Waals surface area contributed by atoms with Crippen LogP contribution in [0.5, 0.6) is 0 Å². The topological polar surface area (TPSA) is 17.8 Å². The van der Waals surface area contributed by atoms with E-state index in [2.05, 4.69) is 122 Å². The highest BCUT2D eigenvalue weighted by Gasteiger charge is 2.43. The van der Waals surface area contributed by atoms with Crippen molar-refractivity contribution in [2.45, 2.75) is 81.1 Å². The molecule has 0 radical (unpaired) electrons. The Hall–Kier alpha value is -2.87. The zero-order valence-corrected chi connectivity index (χ0v) is 23.4. The molecule has 0 saturated heterocycles. The molecular weight excluding hydrogens is 424 g/mol. The minimum Gasteiger partial charge on any atom is -0.295 e. The van der Waals surface area contributed by atoms with E-state index in [-0.39, 0.29) is 5.41 Å². The van der Waals surface area contributed by atoms with Crippen LogP contribution in [-0.4, -0.2) is 9.55 Å². The summed E-state index contributed by atoms with van der Waals surface area (Å²) in [7, 11) is 0. The van der Waals surface area contributed by atoms with Gasteiger partial charge in [-0.3, -0.25) is 4.57 Å². The lowest BCUT2D eigenvalue weighted by Gasteiger charge is -2.40. The molecule has 5 rings (SSSR count). The summed E-state index contributed by atoms with van der Waals surface area (Å²) in [4.78, 5) is 5.06. The highest BCUT2D eigenvalue weighted by atomic mass is 15.1. The lowest BCUT2D eigenvalue weighted by Crippen LogP contribution is -2.33. The van der Waals surface area contributed by atoms with Gasteiger partial charge in [0.15, 0.2) is 0 Å². The van der Waals surface area contributed by atoms with Gasteiger partial charge in [0.25, 0.3) is 0 Å². The van der Waals surface area contributed by atoms with Gasteiger partial charge in [0, 0.05) is 11.1 Å². The predicted octanol–water partition coefficient (Wildman–Crippen LogP) is 9.08. The molecule has 0 bridgehead atoms. The highest BCUT2D eigenvalue weighted by molar-refractivity contribution is 5.87. The Morgan fingerprint density at radius 1 is 0.971 bits per heavy atom. The molecule has 3 aromatic rings. The normalized spacial score (nSPS) is 20.3. The SMILES string of the molecule is CC1=CC2(C)C(=CC1C)c1ccc(C)cc1-n1c(-c3c(C)cc(C)cc3C)cnc12.CCC(C)C. The maximum Gasteiger partial charge on any atom is 0.128 e. The first-order chi connectivity index (χ1) is 16.5. The third-order valence-corrected chi connectivity index (χ3v) is 7.87. The van der Waals surface area contributed by atoms with E-state index in [1.165, 1.54) is 62.3 Å². The molecule has 2 aromatic carbocycles. The van der Waals surface area contributed by atoms with E-state index in [4.69, 9.17) is 4.98 Å². The molecule has 2 heteroatoms. The molecule has 0 spiro atoms. The Kier molecular flexibility index (Phi) is 6.70. The molecule has 2 unspecified atom stereocenters. The first-order valence-corrected chi connectivity index (χ1v) is 13.2. The molecule has 1 aliphatic carbocycles. The molecule has 1 aliphatic heterocycles. The van der Waals surface area contributed by atoms with E-state index in [0.29, 0.717) is 5.92 Å². The number of hydrogen-bond donors (Lipinski definition) is 0. The standard InChI is InChI=1S/C28H30N2.C5H12/c1-16-8-9-22-23-13-18(3)21(6)14-28(23,7)27-29-15-25(30(27)24(22)12-16)26-19(4)10-17(2)11-20(26)5;1-4-5(2)3/h8-15,18H,1-7H3;5H,4H2,1-3H3.